The van der Waals surface area contributed by atoms with Crippen LogP contribution in [0.3, 0.4) is 0 Å². The van der Waals surface area contributed by atoms with Gasteiger partial charge in [-0.25, -0.2) is 4.98 Å². The van der Waals surface area contributed by atoms with Crippen LogP contribution in [0.25, 0.3) is 22.9 Å². The van der Waals surface area contributed by atoms with Gasteiger partial charge >= 0.3 is 0 Å². The average molecular weight is 341 g/mol. The van der Waals surface area contributed by atoms with Gasteiger partial charge in [-0.05, 0) is 28.6 Å². The molecule has 1 aromatic heterocycles. The fraction of sp³-hybridized carbons (Fsp3) is 0.105. The number of hydrogen-bond acceptors (Lipinski definition) is 4. The van der Waals surface area contributed by atoms with E-state index in [1.165, 1.54) is 0 Å². The highest BCUT2D eigenvalue weighted by Gasteiger charge is 2.05. The Morgan fingerprint density at radius 2 is 1.92 bits per heavy atom. The van der Waals surface area contributed by atoms with Gasteiger partial charge in [0.2, 0.25) is 0 Å². The van der Waals surface area contributed by atoms with Crippen LogP contribution in [0.1, 0.15) is 16.7 Å². The minimum absolute atomic E-state index is 0.280. The Hall–Kier alpha value is -2.40. The second-order valence-electron chi connectivity index (χ2n) is 5.34. The highest BCUT2D eigenvalue weighted by atomic mass is 35.5. The molecule has 4 nitrogen and oxygen atoms in total. The van der Waals surface area contributed by atoms with E-state index in [0.29, 0.717) is 17.4 Å². The first kappa shape index (κ1) is 16.5. The number of pyridine rings is 1. The van der Waals surface area contributed by atoms with Crippen molar-refractivity contribution in [2.75, 3.05) is 12.5 Å². The highest BCUT2D eigenvalue weighted by molar-refractivity contribution is 6.31. The summed E-state index contributed by atoms with van der Waals surface area (Å²) in [7, 11) is 0. The number of hydrogen-bond donors (Lipinski definition) is 2. The van der Waals surface area contributed by atoms with Crippen LogP contribution in [0.5, 0.6) is 0 Å². The molecule has 24 heavy (non-hydrogen) atoms. The van der Waals surface area contributed by atoms with Crippen molar-refractivity contribution in [3.05, 3.63) is 70.4 Å². The predicted molar refractivity (Wildman–Crippen MR) is 98.4 cm³/mol. The van der Waals surface area contributed by atoms with Crippen molar-refractivity contribution in [3.8, 4) is 0 Å². The van der Waals surface area contributed by atoms with Crippen molar-refractivity contribution < 1.29 is 9.84 Å². The van der Waals surface area contributed by atoms with Crippen LogP contribution in [0, 0.1) is 0 Å². The third kappa shape index (κ3) is 3.74. The summed E-state index contributed by atoms with van der Waals surface area (Å²) < 4.78 is 4.96. The van der Waals surface area contributed by atoms with Crippen molar-refractivity contribution in [3.63, 3.8) is 0 Å². The Bertz CT molecular complexity index is 871. The van der Waals surface area contributed by atoms with Crippen molar-refractivity contribution in [2.24, 2.45) is 0 Å². The Morgan fingerprint density at radius 1 is 1.12 bits per heavy atom. The van der Waals surface area contributed by atoms with E-state index in [1.54, 1.807) is 6.20 Å². The number of aliphatic hydroxyl groups is 1. The molecular weight excluding hydrogens is 324 g/mol. The molecule has 2 aromatic carbocycles. The summed E-state index contributed by atoms with van der Waals surface area (Å²) in [5.41, 5.74) is 8.91. The van der Waals surface area contributed by atoms with Gasteiger partial charge < -0.3 is 15.6 Å². The summed E-state index contributed by atoms with van der Waals surface area (Å²) in [4.78, 5) is 4.24. The molecule has 0 radical (unpaired) electrons. The Kier molecular flexibility index (Phi) is 5.11. The molecular formula is C19H17ClN2O2. The molecule has 1 heterocycles. The van der Waals surface area contributed by atoms with Gasteiger partial charge in [-0.15, -0.1) is 0 Å². The maximum Gasteiger partial charge on any atom is 0.144 e. The lowest BCUT2D eigenvalue weighted by molar-refractivity contribution is -0.0112. The summed E-state index contributed by atoms with van der Waals surface area (Å²) in [6, 6.07) is 13.5. The second-order valence-corrected chi connectivity index (χ2v) is 5.78. The average Bonchev–Trinajstić information content (AvgIpc) is 2.60. The van der Waals surface area contributed by atoms with E-state index in [9.17, 15) is 0 Å². The molecule has 5 heteroatoms. The van der Waals surface area contributed by atoms with Gasteiger partial charge in [-0.1, -0.05) is 54.1 Å². The van der Waals surface area contributed by atoms with Gasteiger partial charge in [0.25, 0.3) is 0 Å². The van der Waals surface area contributed by atoms with Crippen LogP contribution < -0.4 is 5.73 Å². The molecule has 3 N–H and O–H groups in total. The predicted octanol–water partition coefficient (Wildman–Crippen LogP) is 4.11. The maximum atomic E-state index is 8.66. The minimum atomic E-state index is -0.280. The molecule has 0 fully saturated rings. The molecule has 0 saturated heterocycles. The molecule has 0 aliphatic rings. The third-order valence-corrected chi connectivity index (χ3v) is 3.94. The number of fused-ring (bicyclic) bond motifs is 1. The molecule has 0 aliphatic heterocycles. The lowest BCUT2D eigenvalue weighted by atomic mass is 10.0. The zero-order valence-corrected chi connectivity index (χ0v) is 13.7. The van der Waals surface area contributed by atoms with E-state index in [2.05, 4.69) is 4.98 Å². The number of nitrogens with zero attached hydrogens (tertiary/aromatic N) is 1. The van der Waals surface area contributed by atoms with Gasteiger partial charge in [-0.2, -0.15) is 0 Å². The quantitative estimate of drug-likeness (QED) is 0.686. The first-order chi connectivity index (χ1) is 11.7. The number of anilines is 1. The van der Waals surface area contributed by atoms with Gasteiger partial charge in [0.05, 0.1) is 6.61 Å². The summed E-state index contributed by atoms with van der Waals surface area (Å²) in [6.45, 7) is 0.108. The van der Waals surface area contributed by atoms with E-state index < -0.39 is 0 Å². The van der Waals surface area contributed by atoms with E-state index in [4.69, 9.17) is 27.2 Å². The summed E-state index contributed by atoms with van der Waals surface area (Å²) >= 11 is 6.10. The fourth-order valence-electron chi connectivity index (χ4n) is 2.46. The monoisotopic (exact) mass is 340 g/mol. The molecule has 0 amide bonds. The summed E-state index contributed by atoms with van der Waals surface area (Å²) in [5, 5.41) is 11.3. The SMILES string of the molecule is Nc1ncc2ccc(Cl)cc2c1/C=C/c1ccc(COCO)cc1. The minimum Gasteiger partial charge on any atom is -0.383 e. The maximum absolute atomic E-state index is 8.66. The number of nitrogen functional groups attached to an aromatic ring is 1. The number of ether oxygens (including phenoxy) is 1. The van der Waals surface area contributed by atoms with E-state index in [1.807, 2.05) is 54.6 Å². The van der Waals surface area contributed by atoms with E-state index in [0.717, 1.165) is 27.5 Å². The molecule has 0 saturated carbocycles. The summed E-state index contributed by atoms with van der Waals surface area (Å²) in [5.74, 6) is 0.467. The topological polar surface area (TPSA) is 68.4 Å². The largest absolute Gasteiger partial charge is 0.383 e. The van der Waals surface area contributed by atoms with Crippen LogP contribution in [0.15, 0.2) is 48.7 Å². The molecule has 0 aliphatic carbocycles. The van der Waals surface area contributed by atoms with Crippen molar-refractivity contribution in [1.82, 2.24) is 4.98 Å². The third-order valence-electron chi connectivity index (χ3n) is 3.71. The number of aromatic nitrogens is 1. The summed E-state index contributed by atoms with van der Waals surface area (Å²) in [6.07, 6.45) is 5.67. The number of nitrogens with two attached hydrogens (primary N) is 1. The van der Waals surface area contributed by atoms with Gasteiger partial charge in [-0.3, -0.25) is 0 Å². The first-order valence-corrected chi connectivity index (χ1v) is 7.84. The molecule has 0 unspecified atom stereocenters. The highest BCUT2D eigenvalue weighted by Crippen LogP contribution is 2.27. The standard InChI is InChI=1S/C19H17ClN2O2/c20-16-7-6-15-10-22-19(21)17(18(15)9-16)8-5-13-1-3-14(4-2-13)11-24-12-23/h1-10,23H,11-12H2,(H2,21,22)/b8-5+. The van der Waals surface area contributed by atoms with E-state index >= 15 is 0 Å². The van der Waals surface area contributed by atoms with Crippen LogP contribution in [0.2, 0.25) is 5.02 Å². The second kappa shape index (κ2) is 7.45. The Balaban J connectivity index is 1.90. The molecule has 0 atom stereocenters. The van der Waals surface area contributed by atoms with Crippen LogP contribution in [-0.2, 0) is 11.3 Å². The van der Waals surface area contributed by atoms with Crippen molar-refractivity contribution >= 4 is 40.3 Å². The van der Waals surface area contributed by atoms with Crippen LogP contribution in [-0.4, -0.2) is 16.9 Å². The number of aliphatic hydroxyl groups excluding tert-OH is 1. The lowest BCUT2D eigenvalue weighted by Gasteiger charge is -2.06. The van der Waals surface area contributed by atoms with Gasteiger partial charge in [0, 0.05) is 22.2 Å². The van der Waals surface area contributed by atoms with Crippen LogP contribution >= 0.6 is 11.6 Å². The Morgan fingerprint density at radius 3 is 2.67 bits per heavy atom. The van der Waals surface area contributed by atoms with Crippen molar-refractivity contribution in [2.45, 2.75) is 6.61 Å². The molecule has 0 bridgehead atoms. The Labute approximate surface area is 145 Å². The molecule has 0 spiro atoms. The normalized spacial score (nSPS) is 11.4. The van der Waals surface area contributed by atoms with Gasteiger partial charge in [0.1, 0.15) is 12.6 Å². The smallest absolute Gasteiger partial charge is 0.144 e. The molecule has 3 aromatic rings. The number of halogens is 1. The first-order valence-electron chi connectivity index (χ1n) is 7.47. The molecule has 3 rings (SSSR count). The van der Waals surface area contributed by atoms with Gasteiger partial charge in [0.15, 0.2) is 0 Å². The number of rotatable bonds is 5. The van der Waals surface area contributed by atoms with Crippen LogP contribution in [0.4, 0.5) is 5.82 Å². The zero-order valence-electron chi connectivity index (χ0n) is 12.9. The molecule has 122 valence electrons. The van der Waals surface area contributed by atoms with E-state index in [-0.39, 0.29) is 6.79 Å². The lowest BCUT2D eigenvalue weighted by Crippen LogP contribution is -1.95. The fourth-order valence-corrected chi connectivity index (χ4v) is 2.64. The number of benzene rings is 2. The zero-order chi connectivity index (χ0) is 16.9. The van der Waals surface area contributed by atoms with Crippen molar-refractivity contribution in [1.29, 1.82) is 0 Å².